The lowest BCUT2D eigenvalue weighted by Crippen LogP contribution is -2.43. The number of hydrogen-bond donors (Lipinski definition) is 3. The minimum Gasteiger partial charge on any atom is -0.398 e. The van der Waals surface area contributed by atoms with Crippen molar-refractivity contribution in [3.8, 4) is 11.1 Å². The molecule has 0 bridgehead atoms. The Hall–Kier alpha value is -2.64. The molecule has 1 amide bonds. The maximum atomic E-state index is 11.5. The molecule has 0 atom stereocenters. The first-order chi connectivity index (χ1) is 14.0. The van der Waals surface area contributed by atoms with Crippen molar-refractivity contribution in [2.24, 2.45) is 5.73 Å². The SMILES string of the molecule is NC(=O)c1cc(-c2ccc(CN3CCC(N4CCCC4)CC3)c(N)c2)cnc1N. The average molecular weight is 395 g/mol. The predicted molar refractivity (Wildman–Crippen MR) is 116 cm³/mol. The van der Waals surface area contributed by atoms with E-state index in [2.05, 4.69) is 20.9 Å². The number of nitrogens with two attached hydrogens (primary N) is 3. The number of piperidine rings is 1. The van der Waals surface area contributed by atoms with Gasteiger partial charge in [0, 0.05) is 30.0 Å². The minimum absolute atomic E-state index is 0.142. The number of carbonyl (C=O) groups excluding carboxylic acids is 1. The van der Waals surface area contributed by atoms with Crippen LogP contribution in [-0.4, -0.2) is 52.9 Å². The maximum absolute atomic E-state index is 11.5. The third-order valence-corrected chi connectivity index (χ3v) is 6.27. The fourth-order valence-electron chi connectivity index (χ4n) is 4.54. The zero-order valence-corrected chi connectivity index (χ0v) is 16.8. The first kappa shape index (κ1) is 19.7. The summed E-state index contributed by atoms with van der Waals surface area (Å²) in [6.07, 6.45) is 6.83. The van der Waals surface area contributed by atoms with Gasteiger partial charge in [-0.2, -0.15) is 0 Å². The second-order valence-corrected chi connectivity index (χ2v) is 8.19. The van der Waals surface area contributed by atoms with Gasteiger partial charge >= 0.3 is 0 Å². The number of carbonyl (C=O) groups is 1. The number of nitrogens with zero attached hydrogens (tertiary/aromatic N) is 3. The molecule has 0 radical (unpaired) electrons. The van der Waals surface area contributed by atoms with Gasteiger partial charge in [-0.25, -0.2) is 4.98 Å². The van der Waals surface area contributed by atoms with E-state index in [0.717, 1.165) is 48.1 Å². The van der Waals surface area contributed by atoms with Crippen molar-refractivity contribution in [2.75, 3.05) is 37.6 Å². The summed E-state index contributed by atoms with van der Waals surface area (Å²) >= 11 is 0. The van der Waals surface area contributed by atoms with Crippen LogP contribution >= 0.6 is 0 Å². The standard InChI is InChI=1S/C22H30N6O/c23-20-12-15(17-11-19(22(25)29)21(24)26-13-17)3-4-16(20)14-27-9-5-18(6-10-27)28-7-1-2-8-28/h3-4,11-13,18H,1-2,5-10,14,23H2,(H2,24,26)(H2,25,29). The highest BCUT2D eigenvalue weighted by molar-refractivity contribution is 5.98. The molecule has 29 heavy (non-hydrogen) atoms. The van der Waals surface area contributed by atoms with Gasteiger partial charge in [0.05, 0.1) is 5.56 Å². The van der Waals surface area contributed by atoms with E-state index in [-0.39, 0.29) is 11.4 Å². The predicted octanol–water partition coefficient (Wildman–Crippen LogP) is 2.07. The minimum atomic E-state index is -0.584. The average Bonchev–Trinajstić information content (AvgIpc) is 3.25. The van der Waals surface area contributed by atoms with Crippen molar-refractivity contribution < 1.29 is 4.79 Å². The van der Waals surface area contributed by atoms with E-state index in [1.54, 1.807) is 12.3 Å². The summed E-state index contributed by atoms with van der Waals surface area (Å²) in [6.45, 7) is 5.65. The van der Waals surface area contributed by atoms with Crippen molar-refractivity contribution in [2.45, 2.75) is 38.3 Å². The van der Waals surface area contributed by atoms with Crippen LogP contribution < -0.4 is 17.2 Å². The summed E-state index contributed by atoms with van der Waals surface area (Å²) < 4.78 is 0. The molecular weight excluding hydrogens is 364 g/mol. The van der Waals surface area contributed by atoms with Gasteiger partial charge < -0.3 is 22.1 Å². The molecule has 6 N–H and O–H groups in total. The van der Waals surface area contributed by atoms with Crippen molar-refractivity contribution in [1.29, 1.82) is 0 Å². The van der Waals surface area contributed by atoms with Crippen LogP contribution in [0.2, 0.25) is 0 Å². The van der Waals surface area contributed by atoms with Gasteiger partial charge in [0.25, 0.3) is 5.91 Å². The second-order valence-electron chi connectivity index (χ2n) is 8.19. The third kappa shape index (κ3) is 4.36. The summed E-state index contributed by atoms with van der Waals surface area (Å²) in [5.74, 6) is -0.443. The van der Waals surface area contributed by atoms with Gasteiger partial charge in [-0.3, -0.25) is 9.69 Å². The Bertz CT molecular complexity index is 885. The summed E-state index contributed by atoms with van der Waals surface area (Å²) in [6, 6.07) is 8.44. The number of pyridine rings is 1. The molecule has 154 valence electrons. The van der Waals surface area contributed by atoms with Gasteiger partial charge in [-0.1, -0.05) is 12.1 Å². The number of anilines is 2. The lowest BCUT2D eigenvalue weighted by Gasteiger charge is -2.36. The number of benzene rings is 1. The molecule has 2 saturated heterocycles. The Balaban J connectivity index is 1.42. The molecule has 3 heterocycles. The summed E-state index contributed by atoms with van der Waals surface area (Å²) in [7, 11) is 0. The molecule has 0 unspecified atom stereocenters. The quantitative estimate of drug-likeness (QED) is 0.669. The highest BCUT2D eigenvalue weighted by atomic mass is 16.1. The molecule has 0 spiro atoms. The van der Waals surface area contributed by atoms with Crippen LogP contribution in [0.15, 0.2) is 30.5 Å². The van der Waals surface area contributed by atoms with Crippen LogP contribution in [0.4, 0.5) is 11.5 Å². The van der Waals surface area contributed by atoms with E-state index in [9.17, 15) is 4.79 Å². The Kier molecular flexibility index (Phi) is 5.69. The molecule has 0 aliphatic carbocycles. The zero-order chi connectivity index (χ0) is 20.4. The van der Waals surface area contributed by atoms with Gasteiger partial charge in [-0.05, 0) is 75.1 Å². The molecular formula is C22H30N6O. The monoisotopic (exact) mass is 394 g/mol. The Morgan fingerprint density at radius 1 is 1.03 bits per heavy atom. The summed E-state index contributed by atoms with van der Waals surface area (Å²) in [5.41, 5.74) is 21.3. The van der Waals surface area contributed by atoms with E-state index in [0.29, 0.717) is 0 Å². The number of nitrogen functional groups attached to an aromatic ring is 2. The first-order valence-electron chi connectivity index (χ1n) is 10.4. The summed E-state index contributed by atoms with van der Waals surface area (Å²) in [4.78, 5) is 20.8. The lowest BCUT2D eigenvalue weighted by atomic mass is 10.00. The molecule has 2 aliphatic rings. The van der Waals surface area contributed by atoms with Gasteiger partial charge in [0.1, 0.15) is 5.82 Å². The van der Waals surface area contributed by atoms with E-state index in [4.69, 9.17) is 17.2 Å². The number of amides is 1. The molecule has 1 aromatic heterocycles. The molecule has 0 saturated carbocycles. The van der Waals surface area contributed by atoms with Gasteiger partial charge in [0.2, 0.25) is 0 Å². The number of likely N-dealkylation sites (tertiary alicyclic amines) is 2. The molecule has 2 aliphatic heterocycles. The van der Waals surface area contributed by atoms with Crippen molar-refractivity contribution in [1.82, 2.24) is 14.8 Å². The highest BCUT2D eigenvalue weighted by Gasteiger charge is 2.26. The Morgan fingerprint density at radius 2 is 1.76 bits per heavy atom. The molecule has 1 aromatic carbocycles. The van der Waals surface area contributed by atoms with Crippen molar-refractivity contribution in [3.63, 3.8) is 0 Å². The molecule has 2 aromatic rings. The van der Waals surface area contributed by atoms with Gasteiger partial charge in [0.15, 0.2) is 0 Å². The molecule has 2 fully saturated rings. The maximum Gasteiger partial charge on any atom is 0.252 e. The third-order valence-electron chi connectivity index (χ3n) is 6.27. The van der Waals surface area contributed by atoms with E-state index in [1.807, 2.05) is 12.1 Å². The van der Waals surface area contributed by atoms with Crippen LogP contribution in [0, 0.1) is 0 Å². The molecule has 7 nitrogen and oxygen atoms in total. The van der Waals surface area contributed by atoms with E-state index < -0.39 is 5.91 Å². The van der Waals surface area contributed by atoms with E-state index in [1.165, 1.54) is 38.8 Å². The number of primary amides is 1. The van der Waals surface area contributed by atoms with Crippen LogP contribution in [0.25, 0.3) is 11.1 Å². The first-order valence-corrected chi connectivity index (χ1v) is 10.4. The fraction of sp³-hybridized carbons (Fsp3) is 0.455. The number of hydrogen-bond acceptors (Lipinski definition) is 6. The molecule has 7 heteroatoms. The Morgan fingerprint density at radius 3 is 2.41 bits per heavy atom. The van der Waals surface area contributed by atoms with Crippen LogP contribution in [0.1, 0.15) is 41.6 Å². The van der Waals surface area contributed by atoms with Gasteiger partial charge in [-0.15, -0.1) is 0 Å². The molecule has 4 rings (SSSR count). The largest absolute Gasteiger partial charge is 0.398 e. The van der Waals surface area contributed by atoms with Crippen LogP contribution in [0.3, 0.4) is 0 Å². The summed E-state index contributed by atoms with van der Waals surface area (Å²) in [5, 5.41) is 0. The Labute approximate surface area is 171 Å². The second kappa shape index (κ2) is 8.39. The topological polar surface area (TPSA) is 114 Å². The fourth-order valence-corrected chi connectivity index (χ4v) is 4.54. The smallest absolute Gasteiger partial charge is 0.252 e. The van der Waals surface area contributed by atoms with E-state index >= 15 is 0 Å². The normalized spacial score (nSPS) is 18.9. The van der Waals surface area contributed by atoms with Crippen LogP contribution in [0.5, 0.6) is 0 Å². The van der Waals surface area contributed by atoms with Crippen LogP contribution in [-0.2, 0) is 6.54 Å². The lowest BCUT2D eigenvalue weighted by molar-refractivity contribution is 0.100. The highest BCUT2D eigenvalue weighted by Crippen LogP contribution is 2.28. The number of aromatic nitrogens is 1. The van der Waals surface area contributed by atoms with Crippen molar-refractivity contribution >= 4 is 17.4 Å². The number of rotatable bonds is 5. The van der Waals surface area contributed by atoms with Crippen molar-refractivity contribution in [3.05, 3.63) is 41.6 Å². The zero-order valence-electron chi connectivity index (χ0n) is 16.8.